The maximum absolute atomic E-state index is 12.5. The molecule has 2 atom stereocenters. The molecule has 3 N–H and O–H groups in total. The van der Waals surface area contributed by atoms with Gasteiger partial charge in [0.1, 0.15) is 0 Å². The summed E-state index contributed by atoms with van der Waals surface area (Å²) in [4.78, 5) is 14.2. The van der Waals surface area contributed by atoms with Crippen molar-refractivity contribution >= 4 is 5.91 Å². The van der Waals surface area contributed by atoms with Gasteiger partial charge in [-0.1, -0.05) is 12.5 Å². The summed E-state index contributed by atoms with van der Waals surface area (Å²) in [6, 6.07) is 5.20. The smallest absolute Gasteiger partial charge is 0.226 e. The fraction of sp³-hybridized carbons (Fsp3) is 0.562. The van der Waals surface area contributed by atoms with E-state index in [1.54, 1.807) is 24.1 Å². The number of phenols is 1. The van der Waals surface area contributed by atoms with Gasteiger partial charge in [0.25, 0.3) is 0 Å². The summed E-state index contributed by atoms with van der Waals surface area (Å²) in [6.07, 6.45) is 3.05. The highest BCUT2D eigenvalue weighted by molar-refractivity contribution is 5.79. The fourth-order valence-corrected chi connectivity index (χ4v) is 3.11. The van der Waals surface area contributed by atoms with Gasteiger partial charge in [-0.05, 0) is 43.0 Å². The minimum atomic E-state index is 0.0480. The number of phenolic OH excluding ortho intramolecular Hbond substituents is 1. The van der Waals surface area contributed by atoms with Gasteiger partial charge < -0.3 is 20.5 Å². The van der Waals surface area contributed by atoms with Crippen LogP contribution in [-0.4, -0.2) is 36.6 Å². The molecule has 0 unspecified atom stereocenters. The van der Waals surface area contributed by atoms with Gasteiger partial charge in [0.15, 0.2) is 11.5 Å². The summed E-state index contributed by atoms with van der Waals surface area (Å²) < 4.78 is 5.02. The van der Waals surface area contributed by atoms with Crippen molar-refractivity contribution in [3.05, 3.63) is 23.8 Å². The molecule has 1 aromatic carbocycles. The maximum Gasteiger partial charge on any atom is 0.226 e. The van der Waals surface area contributed by atoms with Crippen LogP contribution in [0, 0.1) is 11.8 Å². The summed E-state index contributed by atoms with van der Waals surface area (Å²) in [6.45, 7) is 1.05. The molecular formula is C16H24N2O3. The summed E-state index contributed by atoms with van der Waals surface area (Å²) >= 11 is 0. The molecule has 0 aromatic heterocycles. The standard InChI is InChI=1S/C16H24N2O3/c1-18(16(20)13-5-3-4-12(13)9-17)10-11-6-7-15(21-2)14(19)8-11/h6-8,12-13,19H,3-5,9-10,17H2,1-2H3/t12-,13-/m1/s1. The topological polar surface area (TPSA) is 75.8 Å². The lowest BCUT2D eigenvalue weighted by atomic mass is 9.95. The number of amides is 1. The monoisotopic (exact) mass is 292 g/mol. The Morgan fingerprint density at radius 2 is 2.24 bits per heavy atom. The van der Waals surface area contributed by atoms with E-state index < -0.39 is 0 Å². The van der Waals surface area contributed by atoms with Crippen LogP contribution >= 0.6 is 0 Å². The lowest BCUT2D eigenvalue weighted by molar-refractivity contribution is -0.135. The normalized spacial score (nSPS) is 21.3. The molecule has 5 nitrogen and oxygen atoms in total. The van der Waals surface area contributed by atoms with Crippen molar-refractivity contribution in [3.63, 3.8) is 0 Å². The summed E-state index contributed by atoms with van der Waals surface area (Å²) in [7, 11) is 3.31. The van der Waals surface area contributed by atoms with Crippen molar-refractivity contribution < 1.29 is 14.6 Å². The van der Waals surface area contributed by atoms with Crippen molar-refractivity contribution in [2.75, 3.05) is 20.7 Å². The summed E-state index contributed by atoms with van der Waals surface area (Å²) in [5.41, 5.74) is 6.63. The van der Waals surface area contributed by atoms with Crippen molar-refractivity contribution in [1.29, 1.82) is 0 Å². The molecule has 0 spiro atoms. The van der Waals surface area contributed by atoms with E-state index in [-0.39, 0.29) is 17.6 Å². The molecular weight excluding hydrogens is 268 g/mol. The molecule has 1 saturated carbocycles. The number of rotatable bonds is 5. The van der Waals surface area contributed by atoms with Crippen LogP contribution in [0.4, 0.5) is 0 Å². The third-order valence-corrected chi connectivity index (χ3v) is 4.32. The van der Waals surface area contributed by atoms with E-state index in [9.17, 15) is 9.90 Å². The minimum Gasteiger partial charge on any atom is -0.504 e. The molecule has 0 bridgehead atoms. The molecule has 21 heavy (non-hydrogen) atoms. The number of benzene rings is 1. The Kier molecular flexibility index (Phi) is 5.07. The Morgan fingerprint density at radius 1 is 1.48 bits per heavy atom. The molecule has 116 valence electrons. The zero-order valence-corrected chi connectivity index (χ0v) is 12.7. The van der Waals surface area contributed by atoms with Gasteiger partial charge in [-0.15, -0.1) is 0 Å². The number of nitrogens with zero attached hydrogens (tertiary/aromatic N) is 1. The van der Waals surface area contributed by atoms with E-state index in [2.05, 4.69) is 0 Å². The lowest BCUT2D eigenvalue weighted by Gasteiger charge is -2.24. The van der Waals surface area contributed by atoms with Gasteiger partial charge in [0.2, 0.25) is 5.91 Å². The molecule has 0 heterocycles. The number of methoxy groups -OCH3 is 1. The number of aromatic hydroxyl groups is 1. The van der Waals surface area contributed by atoms with Gasteiger partial charge in [-0.3, -0.25) is 4.79 Å². The number of nitrogens with two attached hydrogens (primary N) is 1. The van der Waals surface area contributed by atoms with Crippen molar-refractivity contribution in [2.45, 2.75) is 25.8 Å². The van der Waals surface area contributed by atoms with Crippen molar-refractivity contribution in [3.8, 4) is 11.5 Å². The highest BCUT2D eigenvalue weighted by Crippen LogP contribution is 2.33. The van der Waals surface area contributed by atoms with Crippen LogP contribution in [0.25, 0.3) is 0 Å². The van der Waals surface area contributed by atoms with Crippen LogP contribution in [0.15, 0.2) is 18.2 Å². The zero-order chi connectivity index (χ0) is 15.4. The first-order chi connectivity index (χ1) is 10.1. The van der Waals surface area contributed by atoms with Crippen LogP contribution in [0.5, 0.6) is 11.5 Å². The SMILES string of the molecule is COc1ccc(CN(C)C(=O)[C@@H]2CCC[C@@H]2CN)cc1O. The van der Waals surface area contributed by atoms with Crippen LogP contribution in [-0.2, 0) is 11.3 Å². The Bertz CT molecular complexity index is 504. The number of hydrogen-bond donors (Lipinski definition) is 2. The Morgan fingerprint density at radius 3 is 2.86 bits per heavy atom. The second kappa shape index (κ2) is 6.80. The molecule has 1 amide bonds. The second-order valence-corrected chi connectivity index (χ2v) is 5.73. The van der Waals surface area contributed by atoms with Gasteiger partial charge in [-0.2, -0.15) is 0 Å². The van der Waals surface area contributed by atoms with E-state index in [1.807, 2.05) is 6.07 Å². The Balaban J connectivity index is 2.02. The number of ether oxygens (including phenoxy) is 1. The first kappa shape index (κ1) is 15.6. The highest BCUT2D eigenvalue weighted by Gasteiger charge is 2.33. The van der Waals surface area contributed by atoms with Gasteiger partial charge in [0.05, 0.1) is 7.11 Å². The number of carbonyl (C=O) groups is 1. The second-order valence-electron chi connectivity index (χ2n) is 5.73. The molecule has 0 radical (unpaired) electrons. The van der Waals surface area contributed by atoms with Crippen LogP contribution in [0.2, 0.25) is 0 Å². The molecule has 1 aliphatic carbocycles. The molecule has 2 rings (SSSR count). The quantitative estimate of drug-likeness (QED) is 0.866. The van der Waals surface area contributed by atoms with Gasteiger partial charge in [-0.25, -0.2) is 0 Å². The van der Waals surface area contributed by atoms with Gasteiger partial charge in [0, 0.05) is 19.5 Å². The van der Waals surface area contributed by atoms with Crippen LogP contribution in [0.1, 0.15) is 24.8 Å². The average Bonchev–Trinajstić information content (AvgIpc) is 2.95. The largest absolute Gasteiger partial charge is 0.504 e. The number of hydrogen-bond acceptors (Lipinski definition) is 4. The van der Waals surface area contributed by atoms with Crippen molar-refractivity contribution in [2.24, 2.45) is 17.6 Å². The third-order valence-electron chi connectivity index (χ3n) is 4.32. The lowest BCUT2D eigenvalue weighted by Crippen LogP contribution is -2.36. The maximum atomic E-state index is 12.5. The molecule has 1 aliphatic rings. The number of carbonyl (C=O) groups excluding carboxylic acids is 1. The Hall–Kier alpha value is -1.75. The van der Waals surface area contributed by atoms with Gasteiger partial charge >= 0.3 is 0 Å². The zero-order valence-electron chi connectivity index (χ0n) is 12.7. The summed E-state index contributed by atoms with van der Waals surface area (Å²) in [5, 5.41) is 9.79. The highest BCUT2D eigenvalue weighted by atomic mass is 16.5. The Labute approximate surface area is 125 Å². The molecule has 0 aliphatic heterocycles. The fourth-order valence-electron chi connectivity index (χ4n) is 3.11. The molecule has 0 saturated heterocycles. The predicted octanol–water partition coefficient (Wildman–Crippen LogP) is 1.73. The van der Waals surface area contributed by atoms with Crippen LogP contribution in [0.3, 0.4) is 0 Å². The minimum absolute atomic E-state index is 0.0480. The first-order valence-electron chi connectivity index (χ1n) is 7.37. The average molecular weight is 292 g/mol. The molecule has 1 aromatic rings. The van der Waals surface area contributed by atoms with Crippen LogP contribution < -0.4 is 10.5 Å². The summed E-state index contributed by atoms with van der Waals surface area (Å²) in [5.74, 6) is 1.04. The van der Waals surface area contributed by atoms with E-state index in [0.717, 1.165) is 24.8 Å². The van der Waals surface area contributed by atoms with E-state index in [0.29, 0.717) is 24.8 Å². The van der Waals surface area contributed by atoms with Crippen molar-refractivity contribution in [1.82, 2.24) is 4.90 Å². The first-order valence-corrected chi connectivity index (χ1v) is 7.37. The van der Waals surface area contributed by atoms with E-state index >= 15 is 0 Å². The third kappa shape index (κ3) is 3.47. The molecule has 1 fully saturated rings. The van der Waals surface area contributed by atoms with E-state index in [4.69, 9.17) is 10.5 Å². The predicted molar refractivity (Wildman–Crippen MR) is 81.0 cm³/mol. The van der Waals surface area contributed by atoms with E-state index in [1.165, 1.54) is 7.11 Å². The molecule has 5 heteroatoms.